The van der Waals surface area contributed by atoms with Crippen LogP contribution in [0.25, 0.3) is 0 Å². The van der Waals surface area contributed by atoms with Crippen LogP contribution in [-0.2, 0) is 15.7 Å². The second-order valence-electron chi connectivity index (χ2n) is 8.02. The lowest BCUT2D eigenvalue weighted by Crippen LogP contribution is -2.54. The number of amides is 1. The molecule has 3 heterocycles. The van der Waals surface area contributed by atoms with Crippen molar-refractivity contribution in [2.45, 2.75) is 45.0 Å². The average Bonchev–Trinajstić information content (AvgIpc) is 3.18. The number of hydrogen-bond acceptors (Lipinski definition) is 7. The second kappa shape index (κ2) is 9.08. The number of halogens is 3. The lowest BCUT2D eigenvalue weighted by atomic mass is 9.92. The summed E-state index contributed by atoms with van der Waals surface area (Å²) in [4.78, 5) is 13.0. The van der Waals surface area contributed by atoms with E-state index in [-0.39, 0.29) is 23.6 Å². The summed E-state index contributed by atoms with van der Waals surface area (Å²) in [5.41, 5.74) is -0.332. The number of benzene rings is 1. The molecule has 32 heavy (non-hydrogen) atoms. The molecule has 3 aliphatic heterocycles. The number of alkyl halides is 3. The van der Waals surface area contributed by atoms with Gasteiger partial charge in [-0.3, -0.25) is 20.4 Å². The molecule has 4 atom stereocenters. The zero-order valence-corrected chi connectivity index (χ0v) is 17.9. The zero-order chi connectivity index (χ0) is 22.9. The van der Waals surface area contributed by atoms with Gasteiger partial charge in [0, 0.05) is 25.3 Å². The van der Waals surface area contributed by atoms with Crippen molar-refractivity contribution in [3.8, 4) is 0 Å². The van der Waals surface area contributed by atoms with Crippen LogP contribution < -0.4 is 21.3 Å². The Kier molecular flexibility index (Phi) is 6.40. The summed E-state index contributed by atoms with van der Waals surface area (Å²) in [7, 11) is 0. The Hall–Kier alpha value is -2.63. The molecule has 11 heteroatoms. The summed E-state index contributed by atoms with van der Waals surface area (Å²) >= 11 is 0. The van der Waals surface area contributed by atoms with Gasteiger partial charge in [-0.05, 0) is 31.4 Å². The van der Waals surface area contributed by atoms with Crippen molar-refractivity contribution < 1.29 is 22.7 Å². The zero-order valence-electron chi connectivity index (χ0n) is 17.9. The van der Waals surface area contributed by atoms with Crippen molar-refractivity contribution in [3.05, 3.63) is 47.3 Å². The summed E-state index contributed by atoms with van der Waals surface area (Å²) in [5.74, 6) is 0.199. The first-order valence-electron chi connectivity index (χ1n) is 10.7. The number of carbonyl (C=O) groups excluding carboxylic acids is 1. The number of fused-ring (bicyclic) bond motifs is 1. The van der Waals surface area contributed by atoms with E-state index in [4.69, 9.17) is 4.74 Å². The summed E-state index contributed by atoms with van der Waals surface area (Å²) in [6.45, 7) is 5.19. The minimum Gasteiger partial charge on any atom is -0.345 e. The Morgan fingerprint density at radius 3 is 2.84 bits per heavy atom. The number of nitrogens with zero attached hydrogens (tertiary/aromatic N) is 2. The smallest absolute Gasteiger partial charge is 0.345 e. The Morgan fingerprint density at radius 2 is 2.09 bits per heavy atom. The van der Waals surface area contributed by atoms with Crippen LogP contribution >= 0.6 is 0 Å². The predicted molar refractivity (Wildman–Crippen MR) is 112 cm³/mol. The van der Waals surface area contributed by atoms with Crippen molar-refractivity contribution >= 4 is 11.6 Å². The fourth-order valence-corrected chi connectivity index (χ4v) is 4.25. The molecule has 1 fully saturated rings. The molecule has 8 nitrogen and oxygen atoms in total. The minimum atomic E-state index is -4.48. The average molecular weight is 452 g/mol. The number of nitrogens with one attached hydrogen (secondary N) is 4. The topological polar surface area (TPSA) is 90.0 Å². The molecule has 0 radical (unpaired) electrons. The number of ether oxygens (including phenoxy) is 1. The van der Waals surface area contributed by atoms with E-state index in [0.29, 0.717) is 37.6 Å². The molecule has 1 aromatic rings. The third-order valence-electron chi connectivity index (χ3n) is 5.75. The van der Waals surface area contributed by atoms with Crippen molar-refractivity contribution in [2.75, 3.05) is 19.7 Å². The lowest BCUT2D eigenvalue weighted by molar-refractivity contribution is -0.137. The Balaban J connectivity index is 1.55. The van der Waals surface area contributed by atoms with Crippen LogP contribution in [0.3, 0.4) is 0 Å². The summed E-state index contributed by atoms with van der Waals surface area (Å²) in [6, 6.07) is 4.78. The molecule has 1 saturated heterocycles. The van der Waals surface area contributed by atoms with Crippen LogP contribution in [0, 0.1) is 5.92 Å². The monoisotopic (exact) mass is 452 g/mol. The quantitative estimate of drug-likeness (QED) is 0.542. The van der Waals surface area contributed by atoms with Gasteiger partial charge in [-0.25, -0.2) is 0 Å². The predicted octanol–water partition coefficient (Wildman–Crippen LogP) is 1.52. The maximum atomic E-state index is 13.5. The Bertz CT molecular complexity index is 919. The van der Waals surface area contributed by atoms with Crippen molar-refractivity contribution in [1.82, 2.24) is 26.3 Å². The van der Waals surface area contributed by atoms with Gasteiger partial charge in [-0.15, -0.1) is 0 Å². The molecule has 4 unspecified atom stereocenters. The van der Waals surface area contributed by atoms with Crippen LogP contribution in [0.2, 0.25) is 0 Å². The van der Waals surface area contributed by atoms with E-state index < -0.39 is 24.1 Å². The molecule has 4 rings (SSSR count). The second-order valence-corrected chi connectivity index (χ2v) is 8.02. The Morgan fingerprint density at radius 1 is 1.31 bits per heavy atom. The van der Waals surface area contributed by atoms with E-state index in [2.05, 4.69) is 26.4 Å². The fraction of sp³-hybridized carbons (Fsp3) is 0.524. The first kappa shape index (κ1) is 22.6. The number of rotatable bonds is 5. The summed E-state index contributed by atoms with van der Waals surface area (Å²) in [6.07, 6.45) is -2.94. The summed E-state index contributed by atoms with van der Waals surface area (Å²) in [5, 5.41) is 18.4. The molecule has 1 amide bonds. The van der Waals surface area contributed by atoms with E-state index in [9.17, 15) is 18.0 Å². The number of carbonyl (C=O) groups is 1. The highest BCUT2D eigenvalue weighted by molar-refractivity contribution is 6.02. The molecule has 4 N–H and O–H groups in total. The van der Waals surface area contributed by atoms with Gasteiger partial charge in [0.1, 0.15) is 18.0 Å². The van der Waals surface area contributed by atoms with Crippen LogP contribution in [0.1, 0.15) is 31.4 Å². The molecule has 0 saturated carbocycles. The fourth-order valence-electron chi connectivity index (χ4n) is 4.25. The normalized spacial score (nSPS) is 27.8. The van der Waals surface area contributed by atoms with Gasteiger partial charge in [0.25, 0.3) is 5.91 Å². The molecule has 0 spiro atoms. The molecule has 3 aliphatic rings. The van der Waals surface area contributed by atoms with Crippen LogP contribution in [0.5, 0.6) is 0 Å². The van der Waals surface area contributed by atoms with Gasteiger partial charge in [0.15, 0.2) is 6.35 Å². The van der Waals surface area contributed by atoms with Gasteiger partial charge in [0.05, 0.1) is 11.3 Å². The van der Waals surface area contributed by atoms with E-state index in [1.54, 1.807) is 17.2 Å². The van der Waals surface area contributed by atoms with E-state index in [0.717, 1.165) is 6.07 Å². The van der Waals surface area contributed by atoms with Gasteiger partial charge in [-0.1, -0.05) is 25.1 Å². The maximum absolute atomic E-state index is 13.5. The highest BCUT2D eigenvalue weighted by atomic mass is 19.4. The van der Waals surface area contributed by atoms with Gasteiger partial charge < -0.3 is 15.4 Å². The molecule has 0 aliphatic carbocycles. The third-order valence-corrected chi connectivity index (χ3v) is 5.75. The standard InChI is InChI=1S/C21H27F3N6O2/c1-3-32-20-25-9-8-17(28-20)27-19(31)16-11-26-18-12(2)10-15(29-30(16)18)13-6-4-5-7-14(13)21(22,23)24/h4-8,12,16,18,20,25-26,28H,3,9-11H2,1-2H3,(H,27,31). The summed E-state index contributed by atoms with van der Waals surface area (Å²) < 4.78 is 46.1. The first-order valence-corrected chi connectivity index (χ1v) is 10.7. The molecular weight excluding hydrogens is 425 g/mol. The number of hydrazone groups is 1. The lowest BCUT2D eigenvalue weighted by Gasteiger charge is -2.36. The number of hydrogen-bond donors (Lipinski definition) is 4. The van der Waals surface area contributed by atoms with Crippen molar-refractivity contribution in [1.29, 1.82) is 0 Å². The molecule has 0 bridgehead atoms. The van der Waals surface area contributed by atoms with Gasteiger partial charge in [-0.2, -0.15) is 18.3 Å². The molecular formula is C21H27F3N6O2. The minimum absolute atomic E-state index is 0.0276. The highest BCUT2D eigenvalue weighted by Crippen LogP contribution is 2.35. The van der Waals surface area contributed by atoms with Crippen molar-refractivity contribution in [2.24, 2.45) is 11.0 Å². The van der Waals surface area contributed by atoms with E-state index >= 15 is 0 Å². The maximum Gasteiger partial charge on any atom is 0.417 e. The van der Waals surface area contributed by atoms with Crippen LogP contribution in [0.15, 0.2) is 41.3 Å². The van der Waals surface area contributed by atoms with Crippen LogP contribution in [0.4, 0.5) is 13.2 Å². The van der Waals surface area contributed by atoms with E-state index in [1.807, 2.05) is 13.8 Å². The largest absolute Gasteiger partial charge is 0.417 e. The molecule has 174 valence electrons. The molecule has 0 aromatic heterocycles. The third kappa shape index (κ3) is 4.59. The first-order chi connectivity index (χ1) is 15.3. The SMILES string of the molecule is CCOC1NCC=C(NC(=O)C2CNC3C(C)CC(c4ccccc4C(F)(F)F)=NN23)N1. The molecule has 1 aromatic carbocycles. The highest BCUT2D eigenvalue weighted by Gasteiger charge is 2.44. The Labute approximate surface area is 184 Å². The van der Waals surface area contributed by atoms with Gasteiger partial charge >= 0.3 is 6.18 Å². The van der Waals surface area contributed by atoms with Crippen LogP contribution in [-0.4, -0.2) is 54.9 Å². The van der Waals surface area contributed by atoms with E-state index in [1.165, 1.54) is 12.1 Å². The van der Waals surface area contributed by atoms with Gasteiger partial charge in [0.2, 0.25) is 0 Å². The van der Waals surface area contributed by atoms with Crippen molar-refractivity contribution in [3.63, 3.8) is 0 Å².